The molecule has 0 aliphatic heterocycles. The topological polar surface area (TPSA) is 83.3 Å². The van der Waals surface area contributed by atoms with Crippen LogP contribution in [-0.2, 0) is 6.54 Å². The average Bonchev–Trinajstić information content (AvgIpc) is 3.16. The van der Waals surface area contributed by atoms with Gasteiger partial charge in [-0.05, 0) is 36.5 Å². The lowest BCUT2D eigenvalue weighted by atomic mass is 10.2. The Labute approximate surface area is 162 Å². The lowest BCUT2D eigenvalue weighted by Crippen LogP contribution is -2.28. The van der Waals surface area contributed by atoms with Crippen LogP contribution >= 0.6 is 12.2 Å². The molecule has 0 radical (unpaired) electrons. The quantitative estimate of drug-likeness (QED) is 0.658. The van der Waals surface area contributed by atoms with Crippen LogP contribution in [0.5, 0.6) is 0 Å². The summed E-state index contributed by atoms with van der Waals surface area (Å²) in [6, 6.07) is 16.7. The summed E-state index contributed by atoms with van der Waals surface area (Å²) in [5.74, 6) is 0.922. The van der Waals surface area contributed by atoms with Crippen LogP contribution < -0.4 is 10.6 Å². The number of anilines is 1. The van der Waals surface area contributed by atoms with Crippen LogP contribution in [0.4, 0.5) is 5.69 Å². The maximum absolute atomic E-state index is 11.9. The van der Waals surface area contributed by atoms with Gasteiger partial charge in [0.1, 0.15) is 0 Å². The van der Waals surface area contributed by atoms with Gasteiger partial charge in [0, 0.05) is 30.9 Å². The Morgan fingerprint density at radius 1 is 1.11 bits per heavy atom. The van der Waals surface area contributed by atoms with Crippen molar-refractivity contribution in [3.63, 3.8) is 0 Å². The van der Waals surface area contributed by atoms with E-state index in [0.717, 1.165) is 11.3 Å². The van der Waals surface area contributed by atoms with Crippen molar-refractivity contribution in [1.29, 1.82) is 0 Å². The van der Waals surface area contributed by atoms with Gasteiger partial charge in [-0.3, -0.25) is 4.79 Å². The largest absolute Gasteiger partial charge is 0.353 e. The zero-order valence-electron chi connectivity index (χ0n) is 15.0. The van der Waals surface area contributed by atoms with Crippen molar-refractivity contribution in [1.82, 2.24) is 20.4 Å². The van der Waals surface area contributed by atoms with E-state index in [2.05, 4.69) is 20.8 Å². The van der Waals surface area contributed by atoms with Crippen molar-refractivity contribution in [3.05, 3.63) is 66.1 Å². The third-order valence-corrected chi connectivity index (χ3v) is 3.94. The highest BCUT2D eigenvalue weighted by Gasteiger charge is 2.10. The summed E-state index contributed by atoms with van der Waals surface area (Å²) in [4.78, 5) is 17.8. The molecule has 1 aromatic heterocycles. The molecule has 7 nitrogen and oxygen atoms in total. The van der Waals surface area contributed by atoms with Crippen molar-refractivity contribution in [3.8, 4) is 11.4 Å². The number of hydrogen-bond acceptors (Lipinski definition) is 5. The van der Waals surface area contributed by atoms with Gasteiger partial charge >= 0.3 is 0 Å². The molecule has 2 N–H and O–H groups in total. The maximum atomic E-state index is 11.9. The fourth-order valence-corrected chi connectivity index (χ4v) is 2.51. The summed E-state index contributed by atoms with van der Waals surface area (Å²) < 4.78 is 5.23. The number of hydrogen-bond donors (Lipinski definition) is 2. The highest BCUT2D eigenvalue weighted by atomic mass is 32.1. The standard InChI is InChI=1S/C19H19N5O2S/c1-24(2)18(25)14-8-10-15(11-9-14)21-19(27)20-12-16-22-17(23-26-16)13-6-4-3-5-7-13/h3-11H,12H2,1-2H3,(H2,20,21,27). The molecule has 0 unspecified atom stereocenters. The number of amides is 1. The van der Waals surface area contributed by atoms with E-state index >= 15 is 0 Å². The van der Waals surface area contributed by atoms with Crippen molar-refractivity contribution in [2.45, 2.75) is 6.54 Å². The summed E-state index contributed by atoms with van der Waals surface area (Å²) in [5.41, 5.74) is 2.28. The fourth-order valence-electron chi connectivity index (χ4n) is 2.32. The Morgan fingerprint density at radius 3 is 2.48 bits per heavy atom. The zero-order chi connectivity index (χ0) is 19.2. The molecule has 0 atom stereocenters. The van der Waals surface area contributed by atoms with Crippen molar-refractivity contribution in [2.75, 3.05) is 19.4 Å². The van der Waals surface area contributed by atoms with Crippen molar-refractivity contribution < 1.29 is 9.32 Å². The summed E-state index contributed by atoms with van der Waals surface area (Å²) in [5, 5.41) is 10.4. The molecule has 0 saturated carbocycles. The van der Waals surface area contributed by atoms with Crippen LogP contribution in [0, 0.1) is 0 Å². The number of nitrogens with one attached hydrogen (secondary N) is 2. The van der Waals surface area contributed by atoms with E-state index in [1.54, 1.807) is 38.4 Å². The molecule has 8 heteroatoms. The molecule has 0 bridgehead atoms. The number of aromatic nitrogens is 2. The molecule has 1 amide bonds. The minimum atomic E-state index is -0.0483. The summed E-state index contributed by atoms with van der Waals surface area (Å²) in [6.45, 7) is 0.308. The van der Waals surface area contributed by atoms with Crippen LogP contribution in [0.25, 0.3) is 11.4 Å². The third-order valence-electron chi connectivity index (χ3n) is 3.70. The van der Waals surface area contributed by atoms with Crippen LogP contribution in [0.1, 0.15) is 16.2 Å². The molecule has 0 saturated heterocycles. The van der Waals surface area contributed by atoms with Gasteiger partial charge in [0.2, 0.25) is 11.7 Å². The fraction of sp³-hybridized carbons (Fsp3) is 0.158. The van der Waals surface area contributed by atoms with Crippen LogP contribution in [0.2, 0.25) is 0 Å². The highest BCUT2D eigenvalue weighted by Crippen LogP contribution is 2.15. The maximum Gasteiger partial charge on any atom is 0.253 e. The van der Waals surface area contributed by atoms with Gasteiger partial charge in [0.15, 0.2) is 5.11 Å². The molecule has 27 heavy (non-hydrogen) atoms. The first kappa shape index (κ1) is 18.5. The van der Waals surface area contributed by atoms with E-state index < -0.39 is 0 Å². The molecule has 2 aromatic carbocycles. The Morgan fingerprint density at radius 2 is 1.81 bits per heavy atom. The average molecular weight is 381 g/mol. The first-order valence-electron chi connectivity index (χ1n) is 8.27. The normalized spacial score (nSPS) is 10.3. The highest BCUT2D eigenvalue weighted by molar-refractivity contribution is 7.80. The van der Waals surface area contributed by atoms with E-state index in [1.807, 2.05) is 30.3 Å². The molecule has 138 valence electrons. The van der Waals surface area contributed by atoms with Gasteiger partial charge < -0.3 is 20.1 Å². The second-order valence-electron chi connectivity index (χ2n) is 5.96. The number of thiocarbonyl (C=S) groups is 1. The molecule has 1 heterocycles. The number of nitrogens with zero attached hydrogens (tertiary/aromatic N) is 3. The second-order valence-corrected chi connectivity index (χ2v) is 6.37. The number of benzene rings is 2. The summed E-state index contributed by atoms with van der Waals surface area (Å²) >= 11 is 5.27. The number of rotatable bonds is 5. The molecule has 0 aliphatic rings. The first-order chi connectivity index (χ1) is 13.0. The first-order valence-corrected chi connectivity index (χ1v) is 8.68. The SMILES string of the molecule is CN(C)C(=O)c1ccc(NC(=S)NCc2nc(-c3ccccc3)no2)cc1. The minimum Gasteiger partial charge on any atom is -0.353 e. The summed E-state index contributed by atoms with van der Waals surface area (Å²) in [7, 11) is 3.43. The van der Waals surface area contributed by atoms with Gasteiger partial charge in [0.05, 0.1) is 6.54 Å². The molecule has 0 spiro atoms. The van der Waals surface area contributed by atoms with Gasteiger partial charge in [-0.1, -0.05) is 35.5 Å². The number of carbonyl (C=O) groups excluding carboxylic acids is 1. The second kappa shape index (κ2) is 8.41. The monoisotopic (exact) mass is 381 g/mol. The molecule has 0 aliphatic carbocycles. The Balaban J connectivity index is 1.53. The van der Waals surface area contributed by atoms with Crippen LogP contribution in [-0.4, -0.2) is 40.2 Å². The predicted molar refractivity (Wildman–Crippen MR) is 107 cm³/mol. The molecule has 0 fully saturated rings. The Kier molecular flexibility index (Phi) is 5.77. The molecule has 3 rings (SSSR count). The molecular weight excluding hydrogens is 362 g/mol. The van der Waals surface area contributed by atoms with E-state index in [9.17, 15) is 4.79 Å². The van der Waals surface area contributed by atoms with E-state index in [-0.39, 0.29) is 5.91 Å². The Bertz CT molecular complexity index is 923. The van der Waals surface area contributed by atoms with E-state index in [4.69, 9.17) is 16.7 Å². The lowest BCUT2D eigenvalue weighted by molar-refractivity contribution is 0.0827. The van der Waals surface area contributed by atoms with Gasteiger partial charge in [-0.2, -0.15) is 4.98 Å². The van der Waals surface area contributed by atoms with Gasteiger partial charge in [0.25, 0.3) is 5.91 Å². The van der Waals surface area contributed by atoms with Gasteiger partial charge in [-0.25, -0.2) is 0 Å². The third kappa shape index (κ3) is 4.89. The van der Waals surface area contributed by atoms with Crippen LogP contribution in [0.15, 0.2) is 59.1 Å². The predicted octanol–water partition coefficient (Wildman–Crippen LogP) is 2.93. The lowest BCUT2D eigenvalue weighted by Gasteiger charge is -2.12. The van der Waals surface area contributed by atoms with Crippen molar-refractivity contribution in [2.24, 2.45) is 0 Å². The van der Waals surface area contributed by atoms with E-state index in [1.165, 1.54) is 4.90 Å². The zero-order valence-corrected chi connectivity index (χ0v) is 15.8. The van der Waals surface area contributed by atoms with E-state index in [0.29, 0.717) is 28.9 Å². The summed E-state index contributed by atoms with van der Waals surface area (Å²) in [6.07, 6.45) is 0. The number of carbonyl (C=O) groups is 1. The molecule has 3 aromatic rings. The Hall–Kier alpha value is -3.26. The van der Waals surface area contributed by atoms with Gasteiger partial charge in [-0.15, -0.1) is 0 Å². The smallest absolute Gasteiger partial charge is 0.253 e. The van der Waals surface area contributed by atoms with Crippen molar-refractivity contribution >= 4 is 28.9 Å². The van der Waals surface area contributed by atoms with Crippen LogP contribution in [0.3, 0.4) is 0 Å². The molecular formula is C19H19N5O2S. The minimum absolute atomic E-state index is 0.0483.